The summed E-state index contributed by atoms with van der Waals surface area (Å²) in [5.41, 5.74) is 6.96. The molecule has 0 radical (unpaired) electrons. The highest BCUT2D eigenvalue weighted by Crippen LogP contribution is 2.26. The zero-order valence-corrected chi connectivity index (χ0v) is 9.73. The summed E-state index contributed by atoms with van der Waals surface area (Å²) >= 11 is 0. The van der Waals surface area contributed by atoms with Gasteiger partial charge in [0.1, 0.15) is 5.75 Å². The van der Waals surface area contributed by atoms with Crippen molar-refractivity contribution in [2.75, 3.05) is 6.61 Å². The van der Waals surface area contributed by atoms with Crippen molar-refractivity contribution in [2.24, 2.45) is 11.7 Å². The van der Waals surface area contributed by atoms with Crippen molar-refractivity contribution in [2.45, 2.75) is 19.8 Å². The van der Waals surface area contributed by atoms with Gasteiger partial charge < -0.3 is 10.5 Å². The maximum atomic E-state index is 11.4. The van der Waals surface area contributed by atoms with Gasteiger partial charge >= 0.3 is 0 Å². The largest absolute Gasteiger partial charge is 0.493 e. The number of hydrogen-bond acceptors (Lipinski definition) is 3. The monoisotopic (exact) mass is 233 g/mol. The van der Waals surface area contributed by atoms with E-state index < -0.39 is 0 Å². The van der Waals surface area contributed by atoms with Crippen molar-refractivity contribution in [3.63, 3.8) is 0 Å². The zero-order valence-electron chi connectivity index (χ0n) is 9.73. The summed E-state index contributed by atoms with van der Waals surface area (Å²) in [6.45, 7) is 1.99. The topological polar surface area (TPSA) is 69.4 Å². The SMILES string of the molecule is CC(COc1ccc2c(c1)CCC2=O)C(N)=O. The first-order valence-electron chi connectivity index (χ1n) is 5.66. The fraction of sp³-hybridized carbons (Fsp3) is 0.385. The van der Waals surface area contributed by atoms with Gasteiger partial charge in [-0.05, 0) is 30.2 Å². The van der Waals surface area contributed by atoms with E-state index in [9.17, 15) is 9.59 Å². The summed E-state index contributed by atoms with van der Waals surface area (Å²) < 4.78 is 5.48. The third-order valence-corrected chi connectivity index (χ3v) is 2.98. The molecule has 0 fully saturated rings. The summed E-state index contributed by atoms with van der Waals surface area (Å²) in [4.78, 5) is 22.3. The lowest BCUT2D eigenvalue weighted by Gasteiger charge is -2.10. The van der Waals surface area contributed by atoms with E-state index in [1.54, 1.807) is 19.1 Å². The van der Waals surface area contributed by atoms with Crippen LogP contribution in [0.1, 0.15) is 29.3 Å². The molecule has 0 saturated heterocycles. The molecule has 0 heterocycles. The minimum atomic E-state index is -0.374. The molecule has 1 amide bonds. The third kappa shape index (κ3) is 2.46. The highest BCUT2D eigenvalue weighted by Gasteiger charge is 2.19. The average Bonchev–Trinajstić information content (AvgIpc) is 2.67. The van der Waals surface area contributed by atoms with Crippen molar-refractivity contribution < 1.29 is 14.3 Å². The Morgan fingerprint density at radius 3 is 2.94 bits per heavy atom. The van der Waals surface area contributed by atoms with E-state index in [2.05, 4.69) is 0 Å². The van der Waals surface area contributed by atoms with Crippen LogP contribution < -0.4 is 10.5 Å². The minimum absolute atomic E-state index is 0.192. The Bertz CT molecular complexity index is 468. The Morgan fingerprint density at radius 1 is 1.47 bits per heavy atom. The Morgan fingerprint density at radius 2 is 2.24 bits per heavy atom. The van der Waals surface area contributed by atoms with Gasteiger partial charge in [0.2, 0.25) is 5.91 Å². The normalized spacial score (nSPS) is 15.5. The number of ketones is 1. The number of Topliss-reactive ketones (excluding diaryl/α,β-unsaturated/α-hetero) is 1. The second kappa shape index (κ2) is 4.57. The summed E-state index contributed by atoms with van der Waals surface area (Å²) in [6.07, 6.45) is 1.35. The molecule has 90 valence electrons. The third-order valence-electron chi connectivity index (χ3n) is 2.98. The van der Waals surface area contributed by atoms with Gasteiger partial charge in [0.05, 0.1) is 12.5 Å². The molecule has 2 N–H and O–H groups in total. The highest BCUT2D eigenvalue weighted by atomic mass is 16.5. The summed E-state index contributed by atoms with van der Waals surface area (Å²) in [5.74, 6) is 0.190. The fourth-order valence-corrected chi connectivity index (χ4v) is 1.82. The van der Waals surface area contributed by atoms with Gasteiger partial charge in [-0.3, -0.25) is 9.59 Å². The van der Waals surface area contributed by atoms with Crippen molar-refractivity contribution in [3.05, 3.63) is 29.3 Å². The van der Waals surface area contributed by atoms with E-state index in [4.69, 9.17) is 10.5 Å². The zero-order chi connectivity index (χ0) is 12.4. The number of ether oxygens (including phenoxy) is 1. The lowest BCUT2D eigenvalue weighted by molar-refractivity contribution is -0.122. The number of amides is 1. The van der Waals surface area contributed by atoms with Crippen LogP contribution in [0.3, 0.4) is 0 Å². The average molecular weight is 233 g/mol. The molecule has 1 aromatic carbocycles. The maximum absolute atomic E-state index is 11.4. The van der Waals surface area contributed by atoms with Crippen LogP contribution in [0.5, 0.6) is 5.75 Å². The molecule has 0 aromatic heterocycles. The molecule has 1 aliphatic carbocycles. The Balaban J connectivity index is 2.04. The van der Waals surface area contributed by atoms with Crippen molar-refractivity contribution in [3.8, 4) is 5.75 Å². The molecular weight excluding hydrogens is 218 g/mol. The van der Waals surface area contributed by atoms with Gasteiger partial charge in [-0.25, -0.2) is 0 Å². The molecule has 0 aliphatic heterocycles. The minimum Gasteiger partial charge on any atom is -0.493 e. The predicted octanol–water partition coefficient (Wildman–Crippen LogP) is 1.32. The Hall–Kier alpha value is -1.84. The smallest absolute Gasteiger partial charge is 0.223 e. The van der Waals surface area contributed by atoms with Crippen molar-refractivity contribution in [1.82, 2.24) is 0 Å². The summed E-state index contributed by atoms with van der Waals surface area (Å²) in [7, 11) is 0. The van der Waals surface area contributed by atoms with E-state index in [1.165, 1.54) is 0 Å². The maximum Gasteiger partial charge on any atom is 0.223 e. The van der Waals surface area contributed by atoms with Crippen LogP contribution in [0, 0.1) is 5.92 Å². The first-order valence-corrected chi connectivity index (χ1v) is 5.66. The number of primary amides is 1. The number of carbonyl (C=O) groups excluding carboxylic acids is 2. The lowest BCUT2D eigenvalue weighted by atomic mass is 10.1. The van der Waals surface area contributed by atoms with Crippen LogP contribution in [-0.2, 0) is 11.2 Å². The predicted molar refractivity (Wildman–Crippen MR) is 62.9 cm³/mol. The van der Waals surface area contributed by atoms with Crippen LogP contribution in [0.25, 0.3) is 0 Å². The van der Waals surface area contributed by atoms with E-state index in [0.717, 1.165) is 17.5 Å². The lowest BCUT2D eigenvalue weighted by Crippen LogP contribution is -2.25. The Labute approximate surface area is 99.8 Å². The van der Waals surface area contributed by atoms with E-state index in [0.29, 0.717) is 12.2 Å². The molecule has 2 rings (SSSR count). The van der Waals surface area contributed by atoms with Crippen LogP contribution >= 0.6 is 0 Å². The number of benzene rings is 1. The van der Waals surface area contributed by atoms with E-state index >= 15 is 0 Å². The molecule has 0 saturated carbocycles. The van der Waals surface area contributed by atoms with Gasteiger partial charge in [0.25, 0.3) is 0 Å². The summed E-state index contributed by atoms with van der Waals surface area (Å²) in [5, 5.41) is 0. The quantitative estimate of drug-likeness (QED) is 0.852. The molecule has 1 unspecified atom stereocenters. The first kappa shape index (κ1) is 11.6. The highest BCUT2D eigenvalue weighted by molar-refractivity contribution is 6.00. The van der Waals surface area contributed by atoms with Gasteiger partial charge in [-0.15, -0.1) is 0 Å². The van der Waals surface area contributed by atoms with E-state index in [-0.39, 0.29) is 24.2 Å². The molecule has 1 aliphatic rings. The van der Waals surface area contributed by atoms with Crippen LogP contribution in [0.2, 0.25) is 0 Å². The molecule has 1 aromatic rings. The number of nitrogens with two attached hydrogens (primary N) is 1. The molecule has 4 heteroatoms. The number of carbonyl (C=O) groups is 2. The molecule has 0 bridgehead atoms. The first-order chi connectivity index (χ1) is 8.08. The van der Waals surface area contributed by atoms with Crippen LogP contribution in [0.4, 0.5) is 0 Å². The van der Waals surface area contributed by atoms with Crippen LogP contribution in [-0.4, -0.2) is 18.3 Å². The number of aryl methyl sites for hydroxylation is 1. The second-order valence-electron chi connectivity index (χ2n) is 4.36. The van der Waals surface area contributed by atoms with Gasteiger partial charge in [-0.2, -0.15) is 0 Å². The van der Waals surface area contributed by atoms with Gasteiger partial charge in [0.15, 0.2) is 5.78 Å². The fourth-order valence-electron chi connectivity index (χ4n) is 1.82. The molecule has 0 spiro atoms. The molecule has 1 atom stereocenters. The standard InChI is InChI=1S/C13H15NO3/c1-8(13(14)16)7-17-10-3-4-11-9(6-10)2-5-12(11)15/h3-4,6,8H,2,5,7H2,1H3,(H2,14,16). The Kier molecular flexibility index (Phi) is 3.13. The number of fused-ring (bicyclic) bond motifs is 1. The molecular formula is C13H15NO3. The number of hydrogen-bond donors (Lipinski definition) is 1. The van der Waals surface area contributed by atoms with Gasteiger partial charge in [-0.1, -0.05) is 6.92 Å². The van der Waals surface area contributed by atoms with E-state index in [1.807, 2.05) is 6.07 Å². The van der Waals surface area contributed by atoms with Crippen LogP contribution in [0.15, 0.2) is 18.2 Å². The number of rotatable bonds is 4. The van der Waals surface area contributed by atoms with Gasteiger partial charge in [0, 0.05) is 12.0 Å². The molecule has 4 nitrogen and oxygen atoms in total. The second-order valence-corrected chi connectivity index (χ2v) is 4.36. The summed E-state index contributed by atoms with van der Waals surface area (Å²) in [6, 6.07) is 5.42. The molecule has 17 heavy (non-hydrogen) atoms. The van der Waals surface area contributed by atoms with Crippen molar-refractivity contribution >= 4 is 11.7 Å². The van der Waals surface area contributed by atoms with Crippen molar-refractivity contribution in [1.29, 1.82) is 0 Å².